The van der Waals surface area contributed by atoms with E-state index in [9.17, 15) is 4.79 Å². The molecule has 1 unspecified atom stereocenters. The Morgan fingerprint density at radius 1 is 1.35 bits per heavy atom. The number of esters is 1. The molecule has 118 valence electrons. The lowest BCUT2D eigenvalue weighted by Gasteiger charge is -2.28. The Morgan fingerprint density at radius 2 is 2.17 bits per heavy atom. The number of carbonyl (C=O) groups is 1. The number of fused-ring (bicyclic) bond motifs is 1. The molecule has 23 heavy (non-hydrogen) atoms. The van der Waals surface area contributed by atoms with Gasteiger partial charge in [-0.3, -0.25) is 4.98 Å². The monoisotopic (exact) mass is 311 g/mol. The molecule has 0 fully saturated rings. The van der Waals surface area contributed by atoms with Crippen LogP contribution in [-0.4, -0.2) is 17.6 Å². The van der Waals surface area contributed by atoms with E-state index in [0.29, 0.717) is 11.4 Å². The summed E-state index contributed by atoms with van der Waals surface area (Å²) in [5, 5.41) is 0. The molecule has 1 aliphatic rings. The molecular weight excluding hydrogens is 294 g/mol. The predicted octanol–water partition coefficient (Wildman–Crippen LogP) is 1.92. The van der Waals surface area contributed by atoms with Gasteiger partial charge in [0.05, 0.1) is 12.5 Å². The topological polar surface area (TPSA) is 100 Å². The van der Waals surface area contributed by atoms with Crippen molar-refractivity contribution in [3.63, 3.8) is 0 Å². The summed E-state index contributed by atoms with van der Waals surface area (Å²) < 4.78 is 10.7. The van der Waals surface area contributed by atoms with Crippen LogP contribution < -0.4 is 16.2 Å². The first kappa shape index (κ1) is 14.9. The number of pyridine rings is 1. The van der Waals surface area contributed by atoms with Crippen molar-refractivity contribution < 1.29 is 14.3 Å². The van der Waals surface area contributed by atoms with E-state index >= 15 is 0 Å². The zero-order valence-corrected chi connectivity index (χ0v) is 12.7. The zero-order valence-electron chi connectivity index (χ0n) is 12.7. The molecule has 4 N–H and O–H groups in total. The van der Waals surface area contributed by atoms with Gasteiger partial charge in [-0.05, 0) is 24.6 Å². The largest absolute Gasteiger partial charge is 0.462 e. The second-order valence-electron chi connectivity index (χ2n) is 5.12. The van der Waals surface area contributed by atoms with E-state index in [1.54, 1.807) is 37.5 Å². The maximum Gasteiger partial charge on any atom is 0.340 e. The highest BCUT2D eigenvalue weighted by atomic mass is 16.5. The van der Waals surface area contributed by atoms with Crippen LogP contribution in [0, 0.1) is 0 Å². The molecule has 1 aromatic carbocycles. The van der Waals surface area contributed by atoms with E-state index in [-0.39, 0.29) is 18.1 Å². The normalized spacial score (nSPS) is 16.5. The first-order chi connectivity index (χ1) is 11.1. The Morgan fingerprint density at radius 3 is 2.87 bits per heavy atom. The van der Waals surface area contributed by atoms with Crippen LogP contribution >= 0.6 is 0 Å². The fourth-order valence-corrected chi connectivity index (χ4v) is 2.67. The van der Waals surface area contributed by atoms with Crippen molar-refractivity contribution in [3.05, 3.63) is 65.3 Å². The van der Waals surface area contributed by atoms with Gasteiger partial charge in [0.15, 0.2) is 0 Å². The number of nitrogen functional groups attached to an aromatic ring is 1. The molecule has 1 atom stereocenters. The number of hydrogen-bond acceptors (Lipinski definition) is 6. The number of nitrogens with two attached hydrogens (primary N) is 2. The summed E-state index contributed by atoms with van der Waals surface area (Å²) in [4.78, 5) is 16.5. The van der Waals surface area contributed by atoms with E-state index in [2.05, 4.69) is 4.98 Å². The van der Waals surface area contributed by atoms with Crippen LogP contribution in [0.1, 0.15) is 24.0 Å². The fourth-order valence-electron chi connectivity index (χ4n) is 2.67. The summed E-state index contributed by atoms with van der Waals surface area (Å²) in [5.74, 6) is -0.353. The number of benzene rings is 1. The lowest BCUT2D eigenvalue weighted by atomic mass is 9.83. The summed E-state index contributed by atoms with van der Waals surface area (Å²) in [6.45, 7) is 2.00. The third-order valence-corrected chi connectivity index (χ3v) is 3.64. The Kier molecular flexibility index (Phi) is 3.89. The van der Waals surface area contributed by atoms with Crippen LogP contribution in [0.3, 0.4) is 0 Å². The maximum atomic E-state index is 12.4. The first-order valence-electron chi connectivity index (χ1n) is 7.25. The van der Waals surface area contributed by atoms with E-state index in [1.807, 2.05) is 12.1 Å². The van der Waals surface area contributed by atoms with Crippen LogP contribution in [0.2, 0.25) is 0 Å². The second-order valence-corrected chi connectivity index (χ2v) is 5.12. The SMILES string of the molecule is CCOC(=O)C1=C(N)Oc2cc(N)ccc2C1c1cccnc1. The Labute approximate surface area is 133 Å². The minimum absolute atomic E-state index is 0.0235. The number of nitrogens with zero attached hydrogens (tertiary/aromatic N) is 1. The molecule has 3 rings (SSSR count). The van der Waals surface area contributed by atoms with Gasteiger partial charge in [0.25, 0.3) is 0 Å². The van der Waals surface area contributed by atoms with Crippen molar-refractivity contribution >= 4 is 11.7 Å². The van der Waals surface area contributed by atoms with Crippen LogP contribution in [0.5, 0.6) is 5.75 Å². The van der Waals surface area contributed by atoms with E-state index < -0.39 is 11.9 Å². The molecule has 1 aliphatic heterocycles. The number of carbonyl (C=O) groups excluding carboxylic acids is 1. The molecule has 2 aromatic rings. The molecule has 6 heteroatoms. The number of aromatic nitrogens is 1. The maximum absolute atomic E-state index is 12.4. The molecule has 0 bridgehead atoms. The Bertz CT molecular complexity index is 772. The van der Waals surface area contributed by atoms with Crippen molar-refractivity contribution in [2.75, 3.05) is 12.3 Å². The highest BCUT2D eigenvalue weighted by Crippen LogP contribution is 2.43. The lowest BCUT2D eigenvalue weighted by molar-refractivity contribution is -0.139. The van der Waals surface area contributed by atoms with Crippen LogP contribution in [0.15, 0.2) is 54.2 Å². The van der Waals surface area contributed by atoms with Gasteiger partial charge in [0.1, 0.15) is 11.3 Å². The zero-order chi connectivity index (χ0) is 16.4. The van der Waals surface area contributed by atoms with Gasteiger partial charge in [-0.1, -0.05) is 12.1 Å². The second kappa shape index (κ2) is 6.00. The predicted molar refractivity (Wildman–Crippen MR) is 85.4 cm³/mol. The molecule has 0 spiro atoms. The highest BCUT2D eigenvalue weighted by molar-refractivity contribution is 5.92. The lowest BCUT2D eigenvalue weighted by Crippen LogP contribution is -2.27. The van der Waals surface area contributed by atoms with E-state index in [1.165, 1.54) is 0 Å². The fraction of sp³-hybridized carbons (Fsp3) is 0.176. The Balaban J connectivity index is 2.18. The third kappa shape index (κ3) is 2.70. The van der Waals surface area contributed by atoms with Gasteiger partial charge in [-0.2, -0.15) is 0 Å². The van der Waals surface area contributed by atoms with Crippen molar-refractivity contribution in [3.8, 4) is 5.75 Å². The third-order valence-electron chi connectivity index (χ3n) is 3.64. The van der Waals surface area contributed by atoms with Crippen molar-refractivity contribution in [1.82, 2.24) is 4.98 Å². The molecular formula is C17H17N3O3. The van der Waals surface area contributed by atoms with Crippen molar-refractivity contribution in [1.29, 1.82) is 0 Å². The summed E-state index contributed by atoms with van der Waals surface area (Å²) in [7, 11) is 0. The average molecular weight is 311 g/mol. The molecule has 0 aliphatic carbocycles. The van der Waals surface area contributed by atoms with Crippen LogP contribution in [0.25, 0.3) is 0 Å². The molecule has 1 aromatic heterocycles. The average Bonchev–Trinajstić information content (AvgIpc) is 2.54. The molecule has 0 saturated heterocycles. The summed E-state index contributed by atoms with van der Waals surface area (Å²) in [6, 6.07) is 8.97. The summed E-state index contributed by atoms with van der Waals surface area (Å²) in [5.41, 5.74) is 14.3. The molecule has 0 amide bonds. The first-order valence-corrected chi connectivity index (χ1v) is 7.25. The summed E-state index contributed by atoms with van der Waals surface area (Å²) >= 11 is 0. The van der Waals surface area contributed by atoms with Gasteiger partial charge in [-0.25, -0.2) is 4.79 Å². The summed E-state index contributed by atoms with van der Waals surface area (Å²) in [6.07, 6.45) is 3.37. The minimum atomic E-state index is -0.499. The minimum Gasteiger partial charge on any atom is -0.462 e. The quantitative estimate of drug-likeness (QED) is 0.663. The molecule has 0 saturated carbocycles. The van der Waals surface area contributed by atoms with Gasteiger partial charge >= 0.3 is 5.97 Å². The number of hydrogen-bond donors (Lipinski definition) is 2. The molecule has 0 radical (unpaired) electrons. The van der Waals surface area contributed by atoms with Gasteiger partial charge in [-0.15, -0.1) is 0 Å². The van der Waals surface area contributed by atoms with Crippen LogP contribution in [-0.2, 0) is 9.53 Å². The van der Waals surface area contributed by atoms with Gasteiger partial charge in [0.2, 0.25) is 5.88 Å². The number of ether oxygens (including phenoxy) is 2. The molecule has 6 nitrogen and oxygen atoms in total. The van der Waals surface area contributed by atoms with Gasteiger partial charge < -0.3 is 20.9 Å². The van der Waals surface area contributed by atoms with Crippen LogP contribution in [0.4, 0.5) is 5.69 Å². The van der Waals surface area contributed by atoms with Crippen molar-refractivity contribution in [2.45, 2.75) is 12.8 Å². The standard InChI is InChI=1S/C17H17N3O3/c1-2-22-17(21)15-14(10-4-3-7-20-9-10)12-6-5-11(18)8-13(12)23-16(15)19/h3-9,14H,2,18-19H2,1H3. The number of anilines is 1. The van der Waals surface area contributed by atoms with Gasteiger partial charge in [0, 0.05) is 29.7 Å². The van der Waals surface area contributed by atoms with Crippen molar-refractivity contribution in [2.24, 2.45) is 5.73 Å². The van der Waals surface area contributed by atoms with E-state index in [4.69, 9.17) is 20.9 Å². The smallest absolute Gasteiger partial charge is 0.340 e. The molecule has 2 heterocycles. The van der Waals surface area contributed by atoms with E-state index in [0.717, 1.165) is 11.1 Å². The number of rotatable bonds is 3. The highest BCUT2D eigenvalue weighted by Gasteiger charge is 2.35. The Hall–Kier alpha value is -3.02.